The van der Waals surface area contributed by atoms with E-state index in [0.717, 1.165) is 21.2 Å². The van der Waals surface area contributed by atoms with E-state index in [1.54, 1.807) is 20.3 Å². The van der Waals surface area contributed by atoms with Crippen molar-refractivity contribution in [2.45, 2.75) is 0 Å². The molecule has 32 heavy (non-hydrogen) atoms. The van der Waals surface area contributed by atoms with E-state index >= 15 is 0 Å². The van der Waals surface area contributed by atoms with E-state index in [-0.39, 0.29) is 59.1 Å². The van der Waals surface area contributed by atoms with E-state index in [2.05, 4.69) is 4.52 Å². The van der Waals surface area contributed by atoms with Crippen molar-refractivity contribution >= 4 is 41.4 Å². The third-order valence-corrected chi connectivity index (χ3v) is 5.42. The summed E-state index contributed by atoms with van der Waals surface area (Å²) in [6, 6.07) is 9.16. The van der Waals surface area contributed by atoms with Crippen LogP contribution in [-0.2, 0) is 9.09 Å². The van der Waals surface area contributed by atoms with Gasteiger partial charge in [0.25, 0.3) is 0 Å². The van der Waals surface area contributed by atoms with Gasteiger partial charge in [0.1, 0.15) is 5.75 Å². The zero-order valence-electron chi connectivity index (χ0n) is 18.4. The fourth-order valence-corrected chi connectivity index (χ4v) is 3.85. The summed E-state index contributed by atoms with van der Waals surface area (Å²) in [5.41, 5.74) is 1.63. The maximum Gasteiger partial charge on any atom is 1.00 e. The average molecular weight is 496 g/mol. The average Bonchev–Trinajstić information content (AvgIpc) is 3.19. The van der Waals surface area contributed by atoms with Gasteiger partial charge in [0.2, 0.25) is 5.75 Å². The van der Waals surface area contributed by atoms with Crippen molar-refractivity contribution < 1.29 is 96.9 Å². The summed E-state index contributed by atoms with van der Waals surface area (Å²) >= 11 is 1.50. The molecule has 12 heteroatoms. The Balaban J connectivity index is 0.00000256. The Morgan fingerprint density at radius 2 is 1.47 bits per heavy atom. The summed E-state index contributed by atoms with van der Waals surface area (Å²) in [5.74, 6) is 1.98. The SMILES string of the molecule is COc1cc(/C=C/c2cc(OCOP(=O)([O-])[O-])c3ccsc3c2)cc(OC)c1OC.[Na+].[Na+]. The summed E-state index contributed by atoms with van der Waals surface area (Å²) in [7, 11) is -0.477. The van der Waals surface area contributed by atoms with Gasteiger partial charge in [-0.2, -0.15) is 0 Å². The molecule has 0 bridgehead atoms. The van der Waals surface area contributed by atoms with Crippen LogP contribution in [0.3, 0.4) is 0 Å². The van der Waals surface area contributed by atoms with Crippen molar-refractivity contribution in [2.24, 2.45) is 0 Å². The summed E-state index contributed by atoms with van der Waals surface area (Å²) in [6.45, 7) is -0.685. The van der Waals surface area contributed by atoms with Gasteiger partial charge in [0, 0.05) is 10.1 Å². The van der Waals surface area contributed by atoms with E-state index in [1.807, 2.05) is 41.8 Å². The van der Waals surface area contributed by atoms with Crippen LogP contribution in [0.25, 0.3) is 22.2 Å². The van der Waals surface area contributed by atoms with Gasteiger partial charge < -0.3 is 37.8 Å². The smallest absolute Gasteiger partial charge is 0.790 e. The molecule has 0 N–H and O–H groups in total. The normalized spacial score (nSPS) is 11.0. The molecule has 0 spiro atoms. The fourth-order valence-electron chi connectivity index (χ4n) is 2.82. The number of methoxy groups -OCH3 is 3. The predicted octanol–water partition coefficient (Wildman–Crippen LogP) is -2.71. The molecule has 160 valence electrons. The molecule has 3 aromatic rings. The Bertz CT molecular complexity index is 1090. The van der Waals surface area contributed by atoms with Crippen LogP contribution >= 0.6 is 19.2 Å². The minimum Gasteiger partial charge on any atom is -0.790 e. The van der Waals surface area contributed by atoms with Crippen LogP contribution in [0.5, 0.6) is 23.0 Å². The molecule has 0 unspecified atom stereocenters. The molecule has 1 heterocycles. The first-order valence-corrected chi connectivity index (χ1v) is 11.0. The van der Waals surface area contributed by atoms with E-state index in [4.69, 9.17) is 18.9 Å². The molecule has 1 aromatic heterocycles. The standard InChI is InChI=1S/C20H21O8PS.2Na/c1-24-17-9-13(10-18(25-2)20(17)26-3)4-5-14-8-16(27-12-28-29(21,22)23)15-6-7-30-19(15)11-14;;/h4-11H,12H2,1-3H3,(H2,21,22,23);;/q;2*+1/p-2/b5-4+;;. The molecular weight excluding hydrogens is 477 g/mol. The van der Waals surface area contributed by atoms with Crippen molar-refractivity contribution in [1.82, 2.24) is 0 Å². The number of rotatable bonds is 9. The Hall–Kier alpha value is -0.550. The number of phosphoric acid groups is 1. The van der Waals surface area contributed by atoms with E-state index in [9.17, 15) is 14.4 Å². The van der Waals surface area contributed by atoms with Gasteiger partial charge >= 0.3 is 59.1 Å². The molecule has 0 saturated heterocycles. The van der Waals surface area contributed by atoms with Crippen LogP contribution in [0.4, 0.5) is 0 Å². The van der Waals surface area contributed by atoms with Crippen LogP contribution in [-0.4, -0.2) is 28.1 Å². The minimum absolute atomic E-state index is 0. The van der Waals surface area contributed by atoms with Gasteiger partial charge in [-0.25, -0.2) is 0 Å². The van der Waals surface area contributed by atoms with Crippen molar-refractivity contribution in [3.05, 3.63) is 46.8 Å². The van der Waals surface area contributed by atoms with Crippen LogP contribution in [0, 0.1) is 0 Å². The first-order chi connectivity index (χ1) is 14.3. The quantitative estimate of drug-likeness (QED) is 0.136. The molecule has 0 fully saturated rings. The fraction of sp³-hybridized carbons (Fsp3) is 0.200. The summed E-state index contributed by atoms with van der Waals surface area (Å²) < 4.78 is 37.2. The maximum absolute atomic E-state index is 10.6. The topological polar surface area (TPSA) is 109 Å². The first kappa shape index (κ1) is 29.5. The van der Waals surface area contributed by atoms with Gasteiger partial charge in [-0.3, -0.25) is 0 Å². The third-order valence-electron chi connectivity index (χ3n) is 4.14. The second kappa shape index (κ2) is 13.4. The number of hydrogen-bond donors (Lipinski definition) is 0. The number of fused-ring (bicyclic) bond motifs is 1. The summed E-state index contributed by atoms with van der Waals surface area (Å²) in [4.78, 5) is 21.3. The van der Waals surface area contributed by atoms with Gasteiger partial charge in [-0.1, -0.05) is 12.2 Å². The number of thiophene rings is 1. The third kappa shape index (κ3) is 7.75. The second-order valence-electron chi connectivity index (χ2n) is 5.98. The van der Waals surface area contributed by atoms with Gasteiger partial charge in [-0.15, -0.1) is 11.3 Å². The van der Waals surface area contributed by atoms with Crippen molar-refractivity contribution in [3.8, 4) is 23.0 Å². The molecule has 8 nitrogen and oxygen atoms in total. The largest absolute Gasteiger partial charge is 1.00 e. The van der Waals surface area contributed by atoms with E-state index in [0.29, 0.717) is 23.0 Å². The molecule has 0 radical (unpaired) electrons. The molecule has 0 aliphatic rings. The van der Waals surface area contributed by atoms with E-state index < -0.39 is 14.6 Å². The number of ether oxygens (including phenoxy) is 4. The molecular formula is C20H19Na2O8PS. The number of hydrogen-bond acceptors (Lipinski definition) is 9. The van der Waals surface area contributed by atoms with Crippen molar-refractivity contribution in [1.29, 1.82) is 0 Å². The van der Waals surface area contributed by atoms with Gasteiger partial charge in [-0.05, 0) is 46.8 Å². The molecule has 0 atom stereocenters. The van der Waals surface area contributed by atoms with Crippen LogP contribution in [0.15, 0.2) is 35.7 Å². The Morgan fingerprint density at radius 3 is 2.00 bits per heavy atom. The molecule has 2 aromatic carbocycles. The van der Waals surface area contributed by atoms with E-state index in [1.165, 1.54) is 18.4 Å². The molecule has 0 amide bonds. The van der Waals surface area contributed by atoms with Crippen LogP contribution in [0.1, 0.15) is 11.1 Å². The Morgan fingerprint density at radius 1 is 0.906 bits per heavy atom. The number of phosphoric ester groups is 1. The summed E-state index contributed by atoms with van der Waals surface area (Å²) in [5, 5.41) is 2.68. The summed E-state index contributed by atoms with van der Waals surface area (Å²) in [6.07, 6.45) is 3.72. The first-order valence-electron chi connectivity index (χ1n) is 8.63. The Labute approximate surface area is 234 Å². The zero-order chi connectivity index (χ0) is 21.7. The van der Waals surface area contributed by atoms with Crippen molar-refractivity contribution in [2.75, 3.05) is 28.1 Å². The molecule has 3 rings (SSSR count). The zero-order valence-corrected chi connectivity index (χ0v) is 24.2. The molecule has 0 aliphatic heterocycles. The predicted molar refractivity (Wildman–Crippen MR) is 111 cm³/mol. The van der Waals surface area contributed by atoms with Crippen LogP contribution in [0.2, 0.25) is 0 Å². The van der Waals surface area contributed by atoms with Crippen molar-refractivity contribution in [3.63, 3.8) is 0 Å². The van der Waals surface area contributed by atoms with Crippen LogP contribution < -0.4 is 87.8 Å². The second-order valence-corrected chi connectivity index (χ2v) is 8.08. The van der Waals surface area contributed by atoms with Gasteiger partial charge in [0.05, 0.1) is 29.2 Å². The minimum atomic E-state index is -5.11. The monoisotopic (exact) mass is 496 g/mol. The number of benzene rings is 2. The molecule has 0 aliphatic carbocycles. The maximum atomic E-state index is 10.6. The molecule has 0 saturated carbocycles. The van der Waals surface area contributed by atoms with Gasteiger partial charge in [0.15, 0.2) is 18.3 Å². The Kier molecular flexibility index (Phi) is 12.3.